The topological polar surface area (TPSA) is 30.7 Å². The first-order chi connectivity index (χ1) is 7.68. The van der Waals surface area contributed by atoms with Gasteiger partial charge in [-0.3, -0.25) is 0 Å². The van der Waals surface area contributed by atoms with E-state index in [1.807, 2.05) is 12.4 Å². The van der Waals surface area contributed by atoms with Crippen LogP contribution in [0.15, 0.2) is 12.4 Å². The first kappa shape index (κ1) is 9.82. The van der Waals surface area contributed by atoms with Crippen molar-refractivity contribution in [3.63, 3.8) is 0 Å². The summed E-state index contributed by atoms with van der Waals surface area (Å²) >= 11 is 0. The molecule has 1 aliphatic carbocycles. The summed E-state index contributed by atoms with van der Waals surface area (Å²) in [5, 5.41) is 9.23. The highest BCUT2D eigenvalue weighted by Crippen LogP contribution is 2.40. The fourth-order valence-electron chi connectivity index (χ4n) is 2.52. The average Bonchev–Trinajstić information content (AvgIpc) is 2.94. The van der Waals surface area contributed by atoms with Crippen LogP contribution < -0.4 is 0 Å². The normalized spacial score (nSPS) is 23.9. The summed E-state index contributed by atoms with van der Waals surface area (Å²) in [6, 6.07) is 0. The molecule has 2 heterocycles. The van der Waals surface area contributed by atoms with Gasteiger partial charge in [0.15, 0.2) is 0 Å². The monoisotopic (exact) mass is 215 g/mol. The first-order valence-electron chi connectivity index (χ1n) is 5.94. The third kappa shape index (κ3) is 1.34. The van der Waals surface area contributed by atoms with E-state index in [9.17, 15) is 0 Å². The molecule has 2 aromatic heterocycles. The van der Waals surface area contributed by atoms with Crippen LogP contribution in [0.4, 0.5) is 0 Å². The lowest BCUT2D eigenvalue weighted by atomic mass is 10.2. The fourth-order valence-corrected chi connectivity index (χ4v) is 2.52. The summed E-state index contributed by atoms with van der Waals surface area (Å²) in [5.74, 6) is 1.76. The lowest BCUT2D eigenvalue weighted by Gasteiger charge is -2.07. The molecule has 1 saturated carbocycles. The molecule has 0 spiro atoms. The summed E-state index contributed by atoms with van der Waals surface area (Å²) < 4.78 is 2.41. The molecular formula is C13H17N3. The van der Waals surface area contributed by atoms with Crippen LogP contribution >= 0.6 is 0 Å². The standard InChI is InChI=1S/C13H17N3/c1-8-4-11(8)7-16-10(3)9(2)12-5-14-15-6-13(12)16/h5-6,8,11H,4,7H2,1-3H3/t8-,11+/m0/s1. The third-order valence-electron chi connectivity index (χ3n) is 4.05. The van der Waals surface area contributed by atoms with Crippen LogP contribution in [0, 0.1) is 25.7 Å². The fraction of sp³-hybridized carbons (Fsp3) is 0.538. The van der Waals surface area contributed by atoms with E-state index in [0.717, 1.165) is 18.4 Å². The molecule has 0 bridgehead atoms. The van der Waals surface area contributed by atoms with Gasteiger partial charge in [-0.15, -0.1) is 0 Å². The molecule has 3 heteroatoms. The average molecular weight is 215 g/mol. The largest absolute Gasteiger partial charge is 0.343 e. The predicted molar refractivity (Wildman–Crippen MR) is 64.3 cm³/mol. The summed E-state index contributed by atoms with van der Waals surface area (Å²) in [7, 11) is 0. The maximum atomic E-state index is 4.00. The lowest BCUT2D eigenvalue weighted by Crippen LogP contribution is -2.03. The van der Waals surface area contributed by atoms with Gasteiger partial charge in [-0.05, 0) is 37.7 Å². The first-order valence-corrected chi connectivity index (χ1v) is 5.94. The van der Waals surface area contributed by atoms with Gasteiger partial charge in [0, 0.05) is 17.6 Å². The Kier molecular flexibility index (Phi) is 2.03. The number of hydrogen-bond acceptors (Lipinski definition) is 2. The maximum Gasteiger partial charge on any atom is 0.0739 e. The Hall–Kier alpha value is -1.38. The minimum atomic E-state index is 0.863. The van der Waals surface area contributed by atoms with Crippen LogP contribution in [0.3, 0.4) is 0 Å². The SMILES string of the molecule is Cc1c(C)n(C[C@H]2C[C@@H]2C)c2cnncc12. The van der Waals surface area contributed by atoms with Gasteiger partial charge in [0.1, 0.15) is 0 Å². The zero-order chi connectivity index (χ0) is 11.3. The molecule has 3 rings (SSSR count). The second kappa shape index (κ2) is 3.30. The van der Waals surface area contributed by atoms with Crippen molar-refractivity contribution < 1.29 is 0 Å². The van der Waals surface area contributed by atoms with Gasteiger partial charge >= 0.3 is 0 Å². The highest BCUT2D eigenvalue weighted by molar-refractivity contribution is 5.83. The van der Waals surface area contributed by atoms with Crippen molar-refractivity contribution in [1.82, 2.24) is 14.8 Å². The smallest absolute Gasteiger partial charge is 0.0739 e. The highest BCUT2D eigenvalue weighted by Gasteiger charge is 2.33. The van der Waals surface area contributed by atoms with E-state index >= 15 is 0 Å². The van der Waals surface area contributed by atoms with Gasteiger partial charge in [0.05, 0.1) is 17.9 Å². The van der Waals surface area contributed by atoms with Crippen LogP contribution in [-0.2, 0) is 6.54 Å². The van der Waals surface area contributed by atoms with Gasteiger partial charge in [0.2, 0.25) is 0 Å². The molecule has 3 nitrogen and oxygen atoms in total. The molecule has 0 aliphatic heterocycles. The summed E-state index contributed by atoms with van der Waals surface area (Å²) in [4.78, 5) is 0. The van der Waals surface area contributed by atoms with Crippen molar-refractivity contribution in [2.45, 2.75) is 33.7 Å². The van der Waals surface area contributed by atoms with Crippen molar-refractivity contribution in [3.8, 4) is 0 Å². The summed E-state index contributed by atoms with van der Waals surface area (Å²) in [5.41, 5.74) is 3.95. The zero-order valence-corrected chi connectivity index (χ0v) is 10.1. The lowest BCUT2D eigenvalue weighted by molar-refractivity contribution is 0.597. The molecule has 0 aromatic carbocycles. The Morgan fingerprint density at radius 1 is 1.31 bits per heavy atom. The Labute approximate surface area is 95.5 Å². The second-order valence-electron chi connectivity index (χ2n) is 5.08. The molecule has 0 N–H and O–H groups in total. The second-order valence-corrected chi connectivity index (χ2v) is 5.08. The van der Waals surface area contributed by atoms with E-state index in [4.69, 9.17) is 0 Å². The van der Waals surface area contributed by atoms with Crippen molar-refractivity contribution in [2.24, 2.45) is 11.8 Å². The molecular weight excluding hydrogens is 198 g/mol. The molecule has 2 aromatic rings. The summed E-state index contributed by atoms with van der Waals surface area (Å²) in [6.45, 7) is 7.84. The van der Waals surface area contributed by atoms with Gasteiger partial charge in [0.25, 0.3) is 0 Å². The minimum Gasteiger partial charge on any atom is -0.343 e. The molecule has 0 amide bonds. The number of hydrogen-bond donors (Lipinski definition) is 0. The quantitative estimate of drug-likeness (QED) is 0.771. The maximum absolute atomic E-state index is 4.00. The summed E-state index contributed by atoms with van der Waals surface area (Å²) in [6.07, 6.45) is 5.14. The van der Waals surface area contributed by atoms with E-state index in [1.165, 1.54) is 28.6 Å². The van der Waals surface area contributed by atoms with E-state index in [1.54, 1.807) is 0 Å². The molecule has 1 aliphatic rings. The van der Waals surface area contributed by atoms with Gasteiger partial charge in [-0.25, -0.2) is 0 Å². The predicted octanol–water partition coefficient (Wildman–Crippen LogP) is 2.70. The van der Waals surface area contributed by atoms with E-state index < -0.39 is 0 Å². The van der Waals surface area contributed by atoms with E-state index in [2.05, 4.69) is 35.5 Å². The highest BCUT2D eigenvalue weighted by atomic mass is 15.1. The Balaban J connectivity index is 2.11. The number of aromatic nitrogens is 3. The molecule has 1 fully saturated rings. The van der Waals surface area contributed by atoms with Crippen LogP contribution in [0.1, 0.15) is 24.6 Å². The van der Waals surface area contributed by atoms with Crippen molar-refractivity contribution in [1.29, 1.82) is 0 Å². The molecule has 16 heavy (non-hydrogen) atoms. The van der Waals surface area contributed by atoms with Gasteiger partial charge in [-0.1, -0.05) is 6.92 Å². The number of fused-ring (bicyclic) bond motifs is 1. The van der Waals surface area contributed by atoms with E-state index in [-0.39, 0.29) is 0 Å². The molecule has 0 unspecified atom stereocenters. The van der Waals surface area contributed by atoms with Crippen LogP contribution in [-0.4, -0.2) is 14.8 Å². The number of rotatable bonds is 2. The molecule has 0 radical (unpaired) electrons. The van der Waals surface area contributed by atoms with Crippen molar-refractivity contribution in [2.75, 3.05) is 0 Å². The van der Waals surface area contributed by atoms with Crippen molar-refractivity contribution >= 4 is 10.9 Å². The van der Waals surface area contributed by atoms with Gasteiger partial charge < -0.3 is 4.57 Å². The number of nitrogens with zero attached hydrogens (tertiary/aromatic N) is 3. The van der Waals surface area contributed by atoms with Crippen LogP contribution in [0.5, 0.6) is 0 Å². The van der Waals surface area contributed by atoms with Crippen LogP contribution in [0.25, 0.3) is 10.9 Å². The van der Waals surface area contributed by atoms with Gasteiger partial charge in [-0.2, -0.15) is 10.2 Å². The Morgan fingerprint density at radius 2 is 2.00 bits per heavy atom. The molecule has 0 saturated heterocycles. The zero-order valence-electron chi connectivity index (χ0n) is 10.1. The number of aryl methyl sites for hydroxylation is 1. The van der Waals surface area contributed by atoms with E-state index in [0.29, 0.717) is 0 Å². The molecule has 2 atom stereocenters. The van der Waals surface area contributed by atoms with Crippen LogP contribution in [0.2, 0.25) is 0 Å². The third-order valence-corrected chi connectivity index (χ3v) is 4.05. The van der Waals surface area contributed by atoms with Crippen molar-refractivity contribution in [3.05, 3.63) is 23.7 Å². The molecule has 84 valence electrons. The Bertz CT molecular complexity index is 541. The minimum absolute atomic E-state index is 0.863. The Morgan fingerprint density at radius 3 is 2.69 bits per heavy atom.